The molecule has 2 aliphatic heterocycles. The number of aliphatic hydroxyl groups is 1. The Hall–Kier alpha value is -0.870. The van der Waals surface area contributed by atoms with Crippen LogP contribution < -0.4 is 0 Å². The zero-order chi connectivity index (χ0) is 19.9. The number of cyclic esters (lactones) is 1. The highest BCUT2D eigenvalue weighted by Gasteiger charge is 2.58. The van der Waals surface area contributed by atoms with Crippen molar-refractivity contribution in [3.05, 3.63) is 11.1 Å². The first kappa shape index (κ1) is 20.4. The van der Waals surface area contributed by atoms with Crippen LogP contribution in [0.15, 0.2) is 11.1 Å². The van der Waals surface area contributed by atoms with Crippen LogP contribution in [-0.2, 0) is 14.3 Å². The molecule has 0 aromatic heterocycles. The Kier molecular flexibility index (Phi) is 5.65. The van der Waals surface area contributed by atoms with Crippen LogP contribution in [0.4, 0.5) is 0 Å². The highest BCUT2D eigenvalue weighted by Crippen LogP contribution is 2.64. The summed E-state index contributed by atoms with van der Waals surface area (Å²) in [6.07, 6.45) is 10.9. The molecular weight excluding hydrogens is 352 g/mol. The smallest absolute Gasteiger partial charge is 0.336 e. The van der Waals surface area contributed by atoms with Crippen LogP contribution >= 0.6 is 0 Å². The van der Waals surface area contributed by atoms with E-state index in [-0.39, 0.29) is 17.5 Å². The summed E-state index contributed by atoms with van der Waals surface area (Å²) in [5.74, 6) is 0.709. The van der Waals surface area contributed by atoms with Crippen molar-refractivity contribution in [1.82, 2.24) is 0 Å². The van der Waals surface area contributed by atoms with Crippen LogP contribution in [0.2, 0.25) is 0 Å². The molecule has 0 spiro atoms. The van der Waals surface area contributed by atoms with Gasteiger partial charge in [-0.25, -0.2) is 4.79 Å². The van der Waals surface area contributed by atoms with E-state index in [1.165, 1.54) is 37.7 Å². The molecule has 1 N–H and O–H groups in total. The highest BCUT2D eigenvalue weighted by atomic mass is 16.6. The zero-order valence-corrected chi connectivity index (χ0v) is 18.0. The predicted octanol–water partition coefficient (Wildman–Crippen LogP) is 5.14. The van der Waals surface area contributed by atoms with Gasteiger partial charge in [0.1, 0.15) is 0 Å². The molecule has 1 saturated carbocycles. The van der Waals surface area contributed by atoms with Gasteiger partial charge in [-0.2, -0.15) is 0 Å². The van der Waals surface area contributed by atoms with Crippen molar-refractivity contribution < 1.29 is 19.4 Å². The molecule has 0 unspecified atom stereocenters. The standard InChI is InChI=1S/C24H38O4/c1-4-23(5-2)13-7-14-24(6-3)17-9-8-16-12-15-27-22(26)20(16)21(17)28-19(25)11-10-18(23)24/h17-19,21,25H,4-15H2,1-3H3/t17-,18+,19+,21-,24+/m1/s1. The molecule has 158 valence electrons. The van der Waals surface area contributed by atoms with Gasteiger partial charge in [0.05, 0.1) is 18.3 Å². The van der Waals surface area contributed by atoms with Crippen LogP contribution in [0.25, 0.3) is 0 Å². The number of hydrogen-bond donors (Lipinski definition) is 1. The quantitative estimate of drug-likeness (QED) is 0.678. The average molecular weight is 391 g/mol. The third kappa shape index (κ3) is 2.98. The molecule has 0 aromatic rings. The van der Waals surface area contributed by atoms with Crippen molar-refractivity contribution in [2.24, 2.45) is 22.7 Å². The third-order valence-electron chi connectivity index (χ3n) is 9.21. The fourth-order valence-electron chi connectivity index (χ4n) is 7.73. The monoisotopic (exact) mass is 390 g/mol. The van der Waals surface area contributed by atoms with E-state index >= 15 is 0 Å². The van der Waals surface area contributed by atoms with Crippen molar-refractivity contribution in [3.63, 3.8) is 0 Å². The molecule has 1 saturated heterocycles. The minimum atomic E-state index is -0.780. The van der Waals surface area contributed by atoms with Gasteiger partial charge >= 0.3 is 5.97 Å². The zero-order valence-electron chi connectivity index (χ0n) is 18.0. The Bertz CT molecular complexity index is 635. The molecule has 4 nitrogen and oxygen atoms in total. The Morgan fingerprint density at radius 2 is 1.82 bits per heavy atom. The molecule has 4 aliphatic rings. The maximum absolute atomic E-state index is 12.7. The minimum absolute atomic E-state index is 0.195. The number of ether oxygens (including phenoxy) is 2. The lowest BCUT2D eigenvalue weighted by molar-refractivity contribution is -0.210. The first-order valence-electron chi connectivity index (χ1n) is 11.7. The molecule has 2 aliphatic carbocycles. The van der Waals surface area contributed by atoms with Crippen LogP contribution in [0.3, 0.4) is 0 Å². The number of carbonyl (C=O) groups is 1. The Balaban J connectivity index is 1.82. The van der Waals surface area contributed by atoms with Gasteiger partial charge in [-0.1, -0.05) is 45.6 Å². The third-order valence-corrected chi connectivity index (χ3v) is 9.21. The molecular formula is C24H38O4. The minimum Gasteiger partial charge on any atom is -0.462 e. The van der Waals surface area contributed by atoms with E-state index in [4.69, 9.17) is 9.47 Å². The fraction of sp³-hybridized carbons (Fsp3) is 0.875. The summed E-state index contributed by atoms with van der Waals surface area (Å²) in [7, 11) is 0. The summed E-state index contributed by atoms with van der Waals surface area (Å²) in [4.78, 5) is 12.7. The number of aliphatic hydroxyl groups excluding tert-OH is 1. The van der Waals surface area contributed by atoms with E-state index in [9.17, 15) is 9.90 Å². The summed E-state index contributed by atoms with van der Waals surface area (Å²) in [5.41, 5.74) is 2.54. The average Bonchev–Trinajstić information content (AvgIpc) is 2.71. The number of rotatable bonds is 3. The number of hydrogen-bond acceptors (Lipinski definition) is 4. The summed E-state index contributed by atoms with van der Waals surface area (Å²) in [6, 6.07) is 0. The first-order chi connectivity index (χ1) is 13.5. The van der Waals surface area contributed by atoms with E-state index < -0.39 is 6.29 Å². The normalized spacial score (nSPS) is 40.5. The lowest BCUT2D eigenvalue weighted by Crippen LogP contribution is -2.56. The van der Waals surface area contributed by atoms with Gasteiger partial charge in [-0.05, 0) is 67.6 Å². The van der Waals surface area contributed by atoms with E-state index in [0.717, 1.165) is 37.7 Å². The van der Waals surface area contributed by atoms with E-state index in [1.807, 2.05) is 0 Å². The molecule has 0 aromatic carbocycles. The van der Waals surface area contributed by atoms with Crippen LogP contribution in [-0.4, -0.2) is 30.1 Å². The highest BCUT2D eigenvalue weighted by molar-refractivity contribution is 5.91. The van der Waals surface area contributed by atoms with Gasteiger partial charge in [-0.15, -0.1) is 0 Å². The molecule has 4 heteroatoms. The van der Waals surface area contributed by atoms with E-state index in [1.54, 1.807) is 0 Å². The lowest BCUT2D eigenvalue weighted by Gasteiger charge is -2.61. The second kappa shape index (κ2) is 7.75. The maximum Gasteiger partial charge on any atom is 0.336 e. The summed E-state index contributed by atoms with van der Waals surface area (Å²) < 4.78 is 11.7. The Morgan fingerprint density at radius 1 is 1.04 bits per heavy atom. The molecule has 0 radical (unpaired) electrons. The van der Waals surface area contributed by atoms with Crippen LogP contribution in [0.1, 0.15) is 91.4 Å². The van der Waals surface area contributed by atoms with Crippen molar-refractivity contribution >= 4 is 5.97 Å². The summed E-state index contributed by atoms with van der Waals surface area (Å²) >= 11 is 0. The van der Waals surface area contributed by atoms with Crippen LogP contribution in [0, 0.1) is 22.7 Å². The number of esters is 1. The molecule has 0 amide bonds. The molecule has 28 heavy (non-hydrogen) atoms. The SMILES string of the molecule is CCC1(CC)CCC[C@@]2(CC)[C@@H]3CCC4=C(C(=O)OCC4)[C@@H]3O[C@H](O)CC[C@@H]12. The largest absolute Gasteiger partial charge is 0.462 e. The predicted molar refractivity (Wildman–Crippen MR) is 109 cm³/mol. The molecule has 4 rings (SSSR count). The maximum atomic E-state index is 12.7. The lowest BCUT2D eigenvalue weighted by atomic mass is 9.45. The van der Waals surface area contributed by atoms with Crippen molar-refractivity contribution in [2.45, 2.75) is 104 Å². The second-order valence-electron chi connectivity index (χ2n) is 9.70. The van der Waals surface area contributed by atoms with E-state index in [2.05, 4.69) is 20.8 Å². The van der Waals surface area contributed by atoms with Gasteiger partial charge < -0.3 is 14.6 Å². The first-order valence-corrected chi connectivity index (χ1v) is 11.7. The van der Waals surface area contributed by atoms with Crippen LogP contribution in [0.5, 0.6) is 0 Å². The number of carbonyl (C=O) groups excluding carboxylic acids is 1. The van der Waals surface area contributed by atoms with Gasteiger partial charge in [0.25, 0.3) is 0 Å². The van der Waals surface area contributed by atoms with Crippen molar-refractivity contribution in [3.8, 4) is 0 Å². The molecule has 2 heterocycles. The molecule has 0 bridgehead atoms. The Morgan fingerprint density at radius 3 is 2.54 bits per heavy atom. The summed E-state index contributed by atoms with van der Waals surface area (Å²) in [6.45, 7) is 7.57. The Labute approximate surface area is 170 Å². The number of fused-ring (bicyclic) bond motifs is 4. The molecule has 2 fully saturated rings. The second-order valence-corrected chi connectivity index (χ2v) is 9.70. The van der Waals surface area contributed by atoms with Crippen molar-refractivity contribution in [2.75, 3.05) is 6.61 Å². The van der Waals surface area contributed by atoms with E-state index in [0.29, 0.717) is 30.3 Å². The van der Waals surface area contributed by atoms with Gasteiger partial charge in [0.15, 0.2) is 6.29 Å². The topological polar surface area (TPSA) is 55.8 Å². The fourth-order valence-corrected chi connectivity index (χ4v) is 7.73. The summed E-state index contributed by atoms with van der Waals surface area (Å²) in [5, 5.41) is 10.7. The van der Waals surface area contributed by atoms with Gasteiger partial charge in [0, 0.05) is 6.42 Å². The van der Waals surface area contributed by atoms with Gasteiger partial charge in [-0.3, -0.25) is 0 Å². The molecule has 5 atom stereocenters. The van der Waals surface area contributed by atoms with Crippen molar-refractivity contribution in [1.29, 1.82) is 0 Å². The van der Waals surface area contributed by atoms with Gasteiger partial charge in [0.2, 0.25) is 0 Å².